The zero-order valence-electron chi connectivity index (χ0n) is 15.3. The number of carboxylic acid groups (broad SMARTS) is 1. The summed E-state index contributed by atoms with van der Waals surface area (Å²) in [5, 5.41) is 12.1. The Morgan fingerprint density at radius 2 is 2.07 bits per heavy atom. The van der Waals surface area contributed by atoms with E-state index in [9.17, 15) is 14.7 Å². The Hall–Kier alpha value is -3.20. The molecule has 0 bridgehead atoms. The van der Waals surface area contributed by atoms with E-state index in [1.165, 1.54) is 12.3 Å². The van der Waals surface area contributed by atoms with Gasteiger partial charge in [0.25, 0.3) is 0 Å². The summed E-state index contributed by atoms with van der Waals surface area (Å²) in [5.74, 6) is -0.380. The van der Waals surface area contributed by atoms with Gasteiger partial charge in [0.15, 0.2) is 11.3 Å². The lowest BCUT2D eigenvalue weighted by molar-refractivity contribution is 0.0690. The molecule has 0 fully saturated rings. The van der Waals surface area contributed by atoms with E-state index in [0.717, 1.165) is 5.82 Å². The average molecular weight is 404 g/mol. The van der Waals surface area contributed by atoms with Crippen LogP contribution in [0.3, 0.4) is 0 Å². The number of fused-ring (bicyclic) bond motifs is 1. The van der Waals surface area contributed by atoms with Crippen molar-refractivity contribution in [2.24, 2.45) is 0 Å². The molecule has 10 heteroatoms. The number of carboxylic acids is 1. The lowest BCUT2D eigenvalue weighted by Gasteiger charge is -2.11. The Morgan fingerprint density at radius 3 is 2.71 bits per heavy atom. The van der Waals surface area contributed by atoms with E-state index >= 15 is 0 Å². The standard InChI is InChI=1S/C18H18ClN5O4/c1-3-15-22-12-5-6-13(17(25)26)23-16(12)24(15)9-14-11(19)7-10(8-20-14)21-18(27)28-4-2/h5-8H,3-4,9H2,1-2H3,(H,21,27)(H,25,26). The van der Waals surface area contributed by atoms with Crippen molar-refractivity contribution < 1.29 is 19.4 Å². The van der Waals surface area contributed by atoms with Gasteiger partial charge in [0, 0.05) is 6.42 Å². The Morgan fingerprint density at radius 1 is 1.29 bits per heavy atom. The minimum absolute atomic E-state index is 0.0654. The number of pyridine rings is 2. The predicted octanol–water partition coefficient (Wildman–Crippen LogP) is 3.36. The van der Waals surface area contributed by atoms with Gasteiger partial charge < -0.3 is 14.4 Å². The number of aromatic carboxylic acids is 1. The summed E-state index contributed by atoms with van der Waals surface area (Å²) in [4.78, 5) is 35.8. The van der Waals surface area contributed by atoms with E-state index in [2.05, 4.69) is 20.3 Å². The lowest BCUT2D eigenvalue weighted by Crippen LogP contribution is -2.14. The first kappa shape index (κ1) is 19.6. The summed E-state index contributed by atoms with van der Waals surface area (Å²) in [6.45, 7) is 4.16. The molecule has 0 aromatic carbocycles. The van der Waals surface area contributed by atoms with Crippen LogP contribution in [0.1, 0.15) is 35.9 Å². The molecule has 3 aromatic rings. The monoisotopic (exact) mass is 403 g/mol. The molecule has 0 aliphatic heterocycles. The van der Waals surface area contributed by atoms with Crippen LogP contribution in [-0.2, 0) is 17.7 Å². The highest BCUT2D eigenvalue weighted by molar-refractivity contribution is 6.31. The smallest absolute Gasteiger partial charge is 0.411 e. The number of carbonyl (C=O) groups excluding carboxylic acids is 1. The molecule has 0 saturated heterocycles. The number of imidazole rings is 1. The van der Waals surface area contributed by atoms with Crippen LogP contribution < -0.4 is 5.32 Å². The molecule has 1 amide bonds. The van der Waals surface area contributed by atoms with Crippen LogP contribution in [0.2, 0.25) is 5.02 Å². The molecule has 28 heavy (non-hydrogen) atoms. The van der Waals surface area contributed by atoms with Gasteiger partial charge in [0.2, 0.25) is 0 Å². The van der Waals surface area contributed by atoms with Crippen molar-refractivity contribution in [1.82, 2.24) is 19.5 Å². The van der Waals surface area contributed by atoms with Crippen molar-refractivity contribution in [3.63, 3.8) is 0 Å². The van der Waals surface area contributed by atoms with Crippen molar-refractivity contribution >= 4 is 40.5 Å². The number of hydrogen-bond donors (Lipinski definition) is 2. The topological polar surface area (TPSA) is 119 Å². The summed E-state index contributed by atoms with van der Waals surface area (Å²) in [6, 6.07) is 4.62. The second-order valence-electron chi connectivity index (χ2n) is 5.81. The van der Waals surface area contributed by atoms with Crippen molar-refractivity contribution in [3.8, 4) is 0 Å². The first-order valence-corrected chi connectivity index (χ1v) is 8.98. The lowest BCUT2D eigenvalue weighted by atomic mass is 10.3. The zero-order valence-corrected chi connectivity index (χ0v) is 16.0. The predicted molar refractivity (Wildman–Crippen MR) is 103 cm³/mol. The molecule has 3 heterocycles. The highest BCUT2D eigenvalue weighted by Gasteiger charge is 2.16. The normalized spacial score (nSPS) is 10.8. The van der Waals surface area contributed by atoms with Crippen molar-refractivity contribution in [2.45, 2.75) is 26.8 Å². The van der Waals surface area contributed by atoms with E-state index in [1.807, 2.05) is 6.92 Å². The summed E-state index contributed by atoms with van der Waals surface area (Å²) in [7, 11) is 0. The molecule has 0 radical (unpaired) electrons. The Balaban J connectivity index is 1.94. The second kappa shape index (κ2) is 8.22. The third-order valence-corrected chi connectivity index (χ3v) is 4.28. The van der Waals surface area contributed by atoms with Crippen LogP contribution >= 0.6 is 11.6 Å². The molecule has 0 aliphatic rings. The van der Waals surface area contributed by atoms with E-state index < -0.39 is 12.1 Å². The maximum Gasteiger partial charge on any atom is 0.411 e. The number of ether oxygens (including phenoxy) is 1. The molecule has 0 unspecified atom stereocenters. The molecule has 2 N–H and O–H groups in total. The second-order valence-corrected chi connectivity index (χ2v) is 6.22. The van der Waals surface area contributed by atoms with Gasteiger partial charge in [0.05, 0.1) is 35.8 Å². The van der Waals surface area contributed by atoms with E-state index in [1.54, 1.807) is 23.6 Å². The SMILES string of the molecule is CCOC(=O)Nc1cnc(Cn2c(CC)nc3ccc(C(=O)O)nc32)c(Cl)c1. The molecule has 3 rings (SSSR count). The minimum atomic E-state index is -1.11. The third kappa shape index (κ3) is 4.04. The number of carbonyl (C=O) groups is 2. The molecular weight excluding hydrogens is 386 g/mol. The van der Waals surface area contributed by atoms with Crippen molar-refractivity contribution in [3.05, 3.63) is 46.6 Å². The third-order valence-electron chi connectivity index (χ3n) is 3.95. The van der Waals surface area contributed by atoms with Gasteiger partial charge in [0.1, 0.15) is 11.3 Å². The van der Waals surface area contributed by atoms with Crippen LogP contribution in [-0.4, -0.2) is 43.3 Å². The van der Waals surface area contributed by atoms with Gasteiger partial charge in [-0.05, 0) is 25.1 Å². The number of aromatic nitrogens is 4. The number of nitrogens with one attached hydrogen (secondary N) is 1. The maximum absolute atomic E-state index is 11.5. The van der Waals surface area contributed by atoms with Crippen LogP contribution in [0.15, 0.2) is 24.4 Å². The first-order valence-electron chi connectivity index (χ1n) is 8.60. The van der Waals surface area contributed by atoms with Crippen molar-refractivity contribution in [1.29, 1.82) is 0 Å². The molecule has 146 valence electrons. The maximum atomic E-state index is 11.5. The quantitative estimate of drug-likeness (QED) is 0.647. The average Bonchev–Trinajstić information content (AvgIpc) is 3.01. The van der Waals surface area contributed by atoms with Gasteiger partial charge in [-0.2, -0.15) is 0 Å². The fourth-order valence-corrected chi connectivity index (χ4v) is 2.92. The van der Waals surface area contributed by atoms with E-state index in [-0.39, 0.29) is 18.8 Å². The zero-order chi connectivity index (χ0) is 20.3. The summed E-state index contributed by atoms with van der Waals surface area (Å²) in [5.41, 5.74) is 1.92. The van der Waals surface area contributed by atoms with Gasteiger partial charge in [-0.1, -0.05) is 18.5 Å². The molecule has 3 aromatic heterocycles. The van der Waals surface area contributed by atoms with E-state index in [0.29, 0.717) is 34.0 Å². The van der Waals surface area contributed by atoms with Gasteiger partial charge >= 0.3 is 12.1 Å². The number of amides is 1. The molecule has 0 saturated carbocycles. The molecule has 0 aliphatic carbocycles. The van der Waals surface area contributed by atoms with Gasteiger partial charge in [-0.15, -0.1) is 0 Å². The summed E-state index contributed by atoms with van der Waals surface area (Å²) in [6.07, 6.45) is 1.50. The molecule has 0 atom stereocenters. The molecular formula is C18H18ClN5O4. The number of halogens is 1. The van der Waals surface area contributed by atoms with Crippen molar-refractivity contribution in [2.75, 3.05) is 11.9 Å². The largest absolute Gasteiger partial charge is 0.477 e. The van der Waals surface area contributed by atoms with Crippen LogP contribution in [0.5, 0.6) is 0 Å². The number of hydrogen-bond acceptors (Lipinski definition) is 6. The first-order chi connectivity index (χ1) is 13.4. The fourth-order valence-electron chi connectivity index (χ4n) is 2.69. The Labute approximate surface area is 165 Å². The highest BCUT2D eigenvalue weighted by Crippen LogP contribution is 2.23. The molecule has 0 spiro atoms. The van der Waals surface area contributed by atoms with Gasteiger partial charge in [-0.25, -0.2) is 19.6 Å². The Bertz CT molecular complexity index is 1050. The summed E-state index contributed by atoms with van der Waals surface area (Å²) >= 11 is 6.33. The van der Waals surface area contributed by atoms with Crippen LogP contribution in [0.25, 0.3) is 11.2 Å². The Kier molecular flexibility index (Phi) is 5.74. The van der Waals surface area contributed by atoms with E-state index in [4.69, 9.17) is 16.3 Å². The number of anilines is 1. The number of nitrogens with zero attached hydrogens (tertiary/aromatic N) is 4. The number of rotatable bonds is 6. The van der Waals surface area contributed by atoms with Crippen LogP contribution in [0.4, 0.5) is 10.5 Å². The number of aryl methyl sites for hydroxylation is 1. The minimum Gasteiger partial charge on any atom is -0.477 e. The highest BCUT2D eigenvalue weighted by atomic mass is 35.5. The van der Waals surface area contributed by atoms with Gasteiger partial charge in [-0.3, -0.25) is 10.3 Å². The summed E-state index contributed by atoms with van der Waals surface area (Å²) < 4.78 is 6.61. The van der Waals surface area contributed by atoms with Crippen LogP contribution in [0, 0.1) is 0 Å². The molecule has 9 nitrogen and oxygen atoms in total. The fraction of sp³-hybridized carbons (Fsp3) is 0.278.